The molecule has 0 amide bonds. The maximum absolute atomic E-state index is 12.8. The first-order chi connectivity index (χ1) is 13.5. The average molecular weight is 456 g/mol. The second-order valence-electron chi connectivity index (χ2n) is 5.96. The molecule has 2 aromatic heterocycles. The topological polar surface area (TPSA) is 95.6 Å². The van der Waals surface area contributed by atoms with Crippen molar-refractivity contribution in [1.29, 1.82) is 0 Å². The average Bonchev–Trinajstić information content (AvgIpc) is 3.27. The lowest BCUT2D eigenvalue weighted by Gasteiger charge is -1.97. The number of benzene rings is 2. The molecule has 140 valence electrons. The lowest BCUT2D eigenvalue weighted by Crippen LogP contribution is -2.13. The molecule has 0 aliphatic rings. The number of H-pyrrole nitrogens is 1. The Balaban J connectivity index is 1.65. The highest BCUT2D eigenvalue weighted by molar-refractivity contribution is 9.10. The van der Waals surface area contributed by atoms with Gasteiger partial charge in [0.15, 0.2) is 5.69 Å². The fourth-order valence-electron chi connectivity index (χ4n) is 2.54. The van der Waals surface area contributed by atoms with Crippen LogP contribution in [0.2, 0.25) is 0 Å². The summed E-state index contributed by atoms with van der Waals surface area (Å²) in [5.74, 6) is 0.143. The fraction of sp³-hybridized carbons (Fsp3) is 0.0526. The van der Waals surface area contributed by atoms with E-state index in [2.05, 4.69) is 36.2 Å². The number of halogens is 1. The van der Waals surface area contributed by atoms with E-state index in [0.29, 0.717) is 16.5 Å². The lowest BCUT2D eigenvalue weighted by atomic mass is 10.2. The third-order valence-corrected chi connectivity index (χ3v) is 5.33. The molecular formula is C19H14BrN5O2S. The van der Waals surface area contributed by atoms with E-state index in [4.69, 9.17) is 0 Å². The smallest absolute Gasteiger partial charge is 0.301 e. The van der Waals surface area contributed by atoms with Crippen LogP contribution in [-0.4, -0.2) is 19.9 Å². The van der Waals surface area contributed by atoms with Gasteiger partial charge in [-0.25, -0.2) is 4.98 Å². The molecular weight excluding hydrogens is 442 g/mol. The zero-order valence-corrected chi connectivity index (χ0v) is 17.0. The molecule has 4 rings (SSSR count). The first-order valence-corrected chi connectivity index (χ1v) is 9.93. The van der Waals surface area contributed by atoms with E-state index in [0.717, 1.165) is 15.7 Å². The maximum Gasteiger partial charge on any atom is 0.301 e. The number of nitrogens with zero attached hydrogens (tertiary/aromatic N) is 4. The Morgan fingerprint density at radius 3 is 2.54 bits per heavy atom. The largest absolute Gasteiger partial charge is 0.508 e. The van der Waals surface area contributed by atoms with Crippen LogP contribution in [0.25, 0.3) is 16.4 Å². The second-order valence-corrected chi connectivity index (χ2v) is 7.72. The van der Waals surface area contributed by atoms with Gasteiger partial charge >= 0.3 is 5.56 Å². The number of hydrogen-bond donors (Lipinski definition) is 2. The number of phenolic OH excluding ortho intramolecular Hbond substituents is 1. The summed E-state index contributed by atoms with van der Waals surface area (Å²) >= 11 is 4.78. The van der Waals surface area contributed by atoms with Gasteiger partial charge in [0.2, 0.25) is 5.13 Å². The Morgan fingerprint density at radius 2 is 1.82 bits per heavy atom. The Kier molecular flexibility index (Phi) is 4.93. The van der Waals surface area contributed by atoms with Gasteiger partial charge in [-0.2, -0.15) is 9.80 Å². The van der Waals surface area contributed by atoms with Gasteiger partial charge in [-0.05, 0) is 43.3 Å². The van der Waals surface area contributed by atoms with E-state index in [1.54, 1.807) is 19.1 Å². The molecule has 4 aromatic rings. The number of azo groups is 1. The van der Waals surface area contributed by atoms with Gasteiger partial charge in [0, 0.05) is 15.4 Å². The molecule has 0 unspecified atom stereocenters. The summed E-state index contributed by atoms with van der Waals surface area (Å²) in [6.45, 7) is 1.76. The maximum atomic E-state index is 12.8. The number of nitrogens with one attached hydrogen (secondary N) is 1. The minimum Gasteiger partial charge on any atom is -0.508 e. The highest BCUT2D eigenvalue weighted by Gasteiger charge is 2.15. The molecule has 0 aliphatic heterocycles. The monoisotopic (exact) mass is 455 g/mol. The highest BCUT2D eigenvalue weighted by atomic mass is 79.9. The molecule has 0 fully saturated rings. The van der Waals surface area contributed by atoms with Crippen LogP contribution in [0, 0.1) is 6.92 Å². The molecule has 7 nitrogen and oxygen atoms in total. The Morgan fingerprint density at radius 1 is 1.11 bits per heavy atom. The molecule has 2 N–H and O–H groups in total. The summed E-state index contributed by atoms with van der Waals surface area (Å²) < 4.78 is 2.36. The van der Waals surface area contributed by atoms with Crippen LogP contribution in [0.1, 0.15) is 5.69 Å². The normalized spacial score (nSPS) is 11.4. The van der Waals surface area contributed by atoms with Crippen molar-refractivity contribution in [3.8, 4) is 22.1 Å². The van der Waals surface area contributed by atoms with E-state index < -0.39 is 0 Å². The SMILES string of the molecule is Cc1[nH]n(-c2nc(-c3ccc(Br)cc3)cs2)c(=O)c1N=Nc1ccc(O)cc1. The summed E-state index contributed by atoms with van der Waals surface area (Å²) in [5.41, 5.74) is 2.78. The predicted molar refractivity (Wildman–Crippen MR) is 112 cm³/mol. The van der Waals surface area contributed by atoms with Crippen molar-refractivity contribution in [3.63, 3.8) is 0 Å². The number of hydrogen-bond acceptors (Lipinski definition) is 6. The molecule has 28 heavy (non-hydrogen) atoms. The van der Waals surface area contributed by atoms with Crippen LogP contribution >= 0.6 is 27.3 Å². The van der Waals surface area contributed by atoms with Gasteiger partial charge in [0.05, 0.1) is 17.1 Å². The van der Waals surface area contributed by atoms with Gasteiger partial charge in [0.25, 0.3) is 0 Å². The van der Waals surface area contributed by atoms with Crippen molar-refractivity contribution >= 4 is 38.6 Å². The van der Waals surface area contributed by atoms with Crippen LogP contribution in [0.15, 0.2) is 73.4 Å². The van der Waals surface area contributed by atoms with E-state index >= 15 is 0 Å². The van der Waals surface area contributed by atoms with E-state index in [1.807, 2.05) is 29.6 Å². The Hall–Kier alpha value is -3.04. The van der Waals surface area contributed by atoms with Crippen LogP contribution < -0.4 is 5.56 Å². The molecule has 0 saturated heterocycles. The zero-order chi connectivity index (χ0) is 19.7. The summed E-state index contributed by atoms with van der Waals surface area (Å²) in [6, 6.07) is 14.1. The van der Waals surface area contributed by atoms with Crippen molar-refractivity contribution < 1.29 is 5.11 Å². The summed E-state index contributed by atoms with van der Waals surface area (Å²) in [7, 11) is 0. The van der Waals surface area contributed by atoms with Gasteiger partial charge in [-0.15, -0.1) is 16.5 Å². The molecule has 0 spiro atoms. The van der Waals surface area contributed by atoms with E-state index in [9.17, 15) is 9.90 Å². The molecule has 0 saturated carbocycles. The predicted octanol–water partition coefficient (Wildman–Crippen LogP) is 5.48. The van der Waals surface area contributed by atoms with Crippen LogP contribution in [0.5, 0.6) is 5.75 Å². The number of thiazole rings is 1. The van der Waals surface area contributed by atoms with Crippen LogP contribution in [0.4, 0.5) is 11.4 Å². The quantitative estimate of drug-likeness (QED) is 0.398. The number of aromatic nitrogens is 3. The highest BCUT2D eigenvalue weighted by Crippen LogP contribution is 2.26. The Labute approximate surface area is 172 Å². The van der Waals surface area contributed by atoms with Gasteiger partial charge in [0.1, 0.15) is 5.75 Å². The molecule has 0 aliphatic carbocycles. The summed E-state index contributed by atoms with van der Waals surface area (Å²) in [4.78, 5) is 17.3. The van der Waals surface area contributed by atoms with Crippen molar-refractivity contribution in [2.24, 2.45) is 10.2 Å². The first-order valence-electron chi connectivity index (χ1n) is 8.25. The number of phenols is 1. The van der Waals surface area contributed by atoms with E-state index in [1.165, 1.54) is 28.2 Å². The van der Waals surface area contributed by atoms with Crippen molar-refractivity contribution in [2.75, 3.05) is 0 Å². The van der Waals surface area contributed by atoms with Crippen molar-refractivity contribution in [3.05, 3.63) is 74.4 Å². The first kappa shape index (κ1) is 18.3. The van der Waals surface area contributed by atoms with Gasteiger partial charge in [-0.3, -0.25) is 9.89 Å². The molecule has 0 bridgehead atoms. The molecule has 2 aromatic carbocycles. The standard InChI is InChI=1S/C19H14BrN5O2S/c1-11-17(23-22-14-6-8-15(26)9-7-14)18(27)25(24-11)19-21-16(10-28-19)12-2-4-13(20)5-3-12/h2-10,24,26H,1H3. The fourth-order valence-corrected chi connectivity index (χ4v) is 3.59. The van der Waals surface area contributed by atoms with Crippen molar-refractivity contribution in [2.45, 2.75) is 6.92 Å². The molecule has 9 heteroatoms. The number of rotatable bonds is 4. The van der Waals surface area contributed by atoms with Gasteiger partial charge in [-0.1, -0.05) is 28.1 Å². The molecule has 0 radical (unpaired) electrons. The molecule has 2 heterocycles. The van der Waals surface area contributed by atoms with Crippen LogP contribution in [0.3, 0.4) is 0 Å². The minimum atomic E-state index is -0.322. The minimum absolute atomic E-state index is 0.143. The third-order valence-electron chi connectivity index (χ3n) is 3.98. The molecule has 0 atom stereocenters. The number of aromatic hydroxyl groups is 1. The second kappa shape index (κ2) is 7.53. The summed E-state index contributed by atoms with van der Waals surface area (Å²) in [6.07, 6.45) is 0. The number of aryl methyl sites for hydroxylation is 1. The van der Waals surface area contributed by atoms with E-state index in [-0.39, 0.29) is 17.0 Å². The number of aromatic amines is 1. The Bertz CT molecular complexity index is 1210. The zero-order valence-electron chi connectivity index (χ0n) is 14.6. The van der Waals surface area contributed by atoms with Crippen LogP contribution in [-0.2, 0) is 0 Å². The van der Waals surface area contributed by atoms with Gasteiger partial charge < -0.3 is 5.11 Å². The van der Waals surface area contributed by atoms with Crippen molar-refractivity contribution in [1.82, 2.24) is 14.8 Å². The third kappa shape index (κ3) is 3.67. The lowest BCUT2D eigenvalue weighted by molar-refractivity contribution is 0.475. The summed E-state index contributed by atoms with van der Waals surface area (Å²) in [5, 5.41) is 22.9.